The van der Waals surface area contributed by atoms with Crippen LogP contribution in [0.1, 0.15) is 0 Å². The lowest BCUT2D eigenvalue weighted by Gasteiger charge is -2.27. The molecule has 110 valence electrons. The predicted octanol–water partition coefficient (Wildman–Crippen LogP) is 2.15. The molecule has 0 unspecified atom stereocenters. The Morgan fingerprint density at radius 3 is 2.67 bits per heavy atom. The summed E-state index contributed by atoms with van der Waals surface area (Å²) >= 11 is 0. The van der Waals surface area contributed by atoms with Crippen molar-refractivity contribution < 1.29 is 13.9 Å². The van der Waals surface area contributed by atoms with E-state index in [1.165, 1.54) is 12.1 Å². The van der Waals surface area contributed by atoms with Gasteiger partial charge in [0.2, 0.25) is 0 Å². The van der Waals surface area contributed by atoms with Crippen LogP contribution in [-0.2, 0) is 4.74 Å². The third-order valence-corrected chi connectivity index (χ3v) is 3.45. The van der Waals surface area contributed by atoms with Crippen LogP contribution in [0.4, 0.5) is 5.88 Å². The van der Waals surface area contributed by atoms with Crippen LogP contribution < -0.4 is 15.1 Å². The lowest BCUT2D eigenvalue weighted by atomic mass is 10.1. The Morgan fingerprint density at radius 2 is 1.90 bits per heavy atom. The Morgan fingerprint density at radius 1 is 1.14 bits per heavy atom. The molecule has 2 heterocycles. The van der Waals surface area contributed by atoms with Gasteiger partial charge in [-0.05, 0) is 12.1 Å². The standard InChI is InChI=1S/C16H17NO4/c1-19-14-5-3-2-4-13(14)15-10-12(18)11-16(21-15)17-6-8-20-9-7-17/h2-5,10-11H,6-9H2,1H3. The largest absolute Gasteiger partial charge is 0.496 e. The number of anilines is 1. The third kappa shape index (κ3) is 2.92. The molecule has 0 aliphatic carbocycles. The summed E-state index contributed by atoms with van der Waals surface area (Å²) in [6.07, 6.45) is 0. The summed E-state index contributed by atoms with van der Waals surface area (Å²) in [5, 5.41) is 0. The molecule has 1 fully saturated rings. The Balaban J connectivity index is 2.03. The van der Waals surface area contributed by atoms with E-state index in [1.807, 2.05) is 29.2 Å². The maximum absolute atomic E-state index is 12.0. The summed E-state index contributed by atoms with van der Waals surface area (Å²) in [5.74, 6) is 1.77. The average molecular weight is 287 g/mol. The zero-order chi connectivity index (χ0) is 14.7. The number of benzene rings is 1. The smallest absolute Gasteiger partial charge is 0.200 e. The SMILES string of the molecule is COc1ccccc1-c1cc(=O)cc(N2CCOCC2)o1. The average Bonchev–Trinajstić information content (AvgIpc) is 2.55. The van der Waals surface area contributed by atoms with Gasteiger partial charge in [-0.1, -0.05) is 12.1 Å². The van der Waals surface area contributed by atoms with Gasteiger partial charge in [0.15, 0.2) is 11.3 Å². The van der Waals surface area contributed by atoms with Crippen LogP contribution in [0.25, 0.3) is 11.3 Å². The van der Waals surface area contributed by atoms with E-state index in [2.05, 4.69) is 0 Å². The second kappa shape index (κ2) is 6.01. The summed E-state index contributed by atoms with van der Waals surface area (Å²) < 4.78 is 16.6. The molecule has 0 amide bonds. The zero-order valence-corrected chi connectivity index (χ0v) is 11.9. The molecule has 3 rings (SSSR count). The Hall–Kier alpha value is -2.27. The fraction of sp³-hybridized carbons (Fsp3) is 0.312. The molecule has 2 aromatic rings. The van der Waals surface area contributed by atoms with Gasteiger partial charge in [-0.3, -0.25) is 4.79 Å². The van der Waals surface area contributed by atoms with E-state index in [-0.39, 0.29) is 5.43 Å². The van der Waals surface area contributed by atoms with Gasteiger partial charge in [0.1, 0.15) is 11.5 Å². The van der Waals surface area contributed by atoms with E-state index in [9.17, 15) is 4.79 Å². The van der Waals surface area contributed by atoms with Gasteiger partial charge >= 0.3 is 0 Å². The molecular weight excluding hydrogens is 270 g/mol. The van der Waals surface area contributed by atoms with Gasteiger partial charge < -0.3 is 18.8 Å². The van der Waals surface area contributed by atoms with Crippen molar-refractivity contribution in [2.45, 2.75) is 0 Å². The molecule has 1 aliphatic rings. The minimum Gasteiger partial charge on any atom is -0.496 e. The number of para-hydroxylation sites is 1. The van der Waals surface area contributed by atoms with Crippen molar-refractivity contribution in [3.8, 4) is 17.1 Å². The van der Waals surface area contributed by atoms with Crippen molar-refractivity contribution >= 4 is 5.88 Å². The van der Waals surface area contributed by atoms with Crippen molar-refractivity contribution in [2.75, 3.05) is 38.3 Å². The van der Waals surface area contributed by atoms with E-state index >= 15 is 0 Å². The maximum atomic E-state index is 12.0. The number of hydrogen-bond acceptors (Lipinski definition) is 5. The third-order valence-electron chi connectivity index (χ3n) is 3.45. The van der Waals surface area contributed by atoms with Crippen LogP contribution in [0.2, 0.25) is 0 Å². The van der Waals surface area contributed by atoms with Gasteiger partial charge in [0.25, 0.3) is 0 Å². The van der Waals surface area contributed by atoms with Crippen LogP contribution in [0.3, 0.4) is 0 Å². The van der Waals surface area contributed by atoms with Crippen molar-refractivity contribution in [2.24, 2.45) is 0 Å². The highest BCUT2D eigenvalue weighted by atomic mass is 16.5. The van der Waals surface area contributed by atoms with Gasteiger partial charge in [0, 0.05) is 25.2 Å². The number of morpholine rings is 1. The molecule has 1 aromatic carbocycles. The molecule has 21 heavy (non-hydrogen) atoms. The van der Waals surface area contributed by atoms with E-state index in [1.54, 1.807) is 7.11 Å². The minimum atomic E-state index is -0.0800. The highest BCUT2D eigenvalue weighted by molar-refractivity contribution is 5.66. The molecule has 0 N–H and O–H groups in total. The van der Waals surface area contributed by atoms with Gasteiger partial charge in [-0.25, -0.2) is 0 Å². The first-order chi connectivity index (χ1) is 10.3. The monoisotopic (exact) mass is 287 g/mol. The van der Waals surface area contributed by atoms with Gasteiger partial charge in [0.05, 0.1) is 25.9 Å². The Labute approximate surface area is 122 Å². The molecule has 0 radical (unpaired) electrons. The van der Waals surface area contributed by atoms with Crippen LogP contribution in [-0.4, -0.2) is 33.4 Å². The molecule has 1 aromatic heterocycles. The van der Waals surface area contributed by atoms with Crippen LogP contribution in [0.5, 0.6) is 5.75 Å². The molecule has 0 spiro atoms. The summed E-state index contributed by atoms with van der Waals surface area (Å²) in [4.78, 5) is 14.0. The van der Waals surface area contributed by atoms with Crippen molar-refractivity contribution in [1.82, 2.24) is 0 Å². The number of rotatable bonds is 3. The number of nitrogens with zero attached hydrogens (tertiary/aromatic N) is 1. The maximum Gasteiger partial charge on any atom is 0.200 e. The lowest BCUT2D eigenvalue weighted by Crippen LogP contribution is -2.36. The number of hydrogen-bond donors (Lipinski definition) is 0. The van der Waals surface area contributed by atoms with Crippen LogP contribution in [0.15, 0.2) is 45.6 Å². The quantitative estimate of drug-likeness (QED) is 0.866. The Kier molecular flexibility index (Phi) is 3.92. The first kappa shape index (κ1) is 13.7. The summed E-state index contributed by atoms with van der Waals surface area (Å²) in [7, 11) is 1.60. The van der Waals surface area contributed by atoms with Gasteiger partial charge in [-0.15, -0.1) is 0 Å². The van der Waals surface area contributed by atoms with E-state index in [4.69, 9.17) is 13.9 Å². The Bertz CT molecular complexity index is 674. The molecule has 5 nitrogen and oxygen atoms in total. The molecule has 1 saturated heterocycles. The number of methoxy groups -OCH3 is 1. The predicted molar refractivity (Wildman–Crippen MR) is 80.0 cm³/mol. The van der Waals surface area contributed by atoms with Gasteiger partial charge in [-0.2, -0.15) is 0 Å². The molecular formula is C16H17NO4. The summed E-state index contributed by atoms with van der Waals surface area (Å²) in [6, 6.07) is 10.5. The molecule has 1 aliphatic heterocycles. The molecule has 0 atom stereocenters. The fourth-order valence-corrected chi connectivity index (χ4v) is 2.38. The van der Waals surface area contributed by atoms with E-state index < -0.39 is 0 Å². The van der Waals surface area contributed by atoms with Crippen LogP contribution >= 0.6 is 0 Å². The first-order valence-electron chi connectivity index (χ1n) is 6.89. The highest BCUT2D eigenvalue weighted by Crippen LogP contribution is 2.30. The second-order valence-electron chi connectivity index (χ2n) is 4.80. The van der Waals surface area contributed by atoms with E-state index in [0.29, 0.717) is 30.6 Å². The topological polar surface area (TPSA) is 51.9 Å². The minimum absolute atomic E-state index is 0.0800. The molecule has 0 bridgehead atoms. The van der Waals surface area contributed by atoms with Crippen molar-refractivity contribution in [1.29, 1.82) is 0 Å². The van der Waals surface area contributed by atoms with Crippen molar-refractivity contribution in [3.63, 3.8) is 0 Å². The second-order valence-corrected chi connectivity index (χ2v) is 4.80. The van der Waals surface area contributed by atoms with Crippen molar-refractivity contribution in [3.05, 3.63) is 46.6 Å². The summed E-state index contributed by atoms with van der Waals surface area (Å²) in [5.41, 5.74) is 0.691. The molecule has 0 saturated carbocycles. The summed E-state index contributed by atoms with van der Waals surface area (Å²) in [6.45, 7) is 2.72. The highest BCUT2D eigenvalue weighted by Gasteiger charge is 2.16. The normalized spacial score (nSPS) is 15.0. The first-order valence-corrected chi connectivity index (χ1v) is 6.89. The zero-order valence-electron chi connectivity index (χ0n) is 11.9. The lowest BCUT2D eigenvalue weighted by molar-refractivity contribution is 0.120. The van der Waals surface area contributed by atoms with Crippen LogP contribution in [0, 0.1) is 0 Å². The van der Waals surface area contributed by atoms with E-state index in [0.717, 1.165) is 18.7 Å². The number of ether oxygens (including phenoxy) is 2. The molecule has 5 heteroatoms. The fourth-order valence-electron chi connectivity index (χ4n) is 2.38.